The van der Waals surface area contributed by atoms with Crippen LogP contribution in [0.15, 0.2) is 6.07 Å². The van der Waals surface area contributed by atoms with E-state index in [0.717, 1.165) is 0 Å². The van der Waals surface area contributed by atoms with Gasteiger partial charge in [-0.1, -0.05) is 6.92 Å². The number of aryl methyl sites for hydroxylation is 1. The molecule has 0 saturated carbocycles. The average molecular weight is 240 g/mol. The molecule has 1 unspecified atom stereocenters. The molecule has 1 heterocycles. The predicted octanol–water partition coefficient (Wildman–Crippen LogP) is -1.42. The van der Waals surface area contributed by atoms with Gasteiger partial charge in [-0.25, -0.2) is 15.8 Å². The molecule has 94 valence electrons. The molecule has 8 heteroatoms. The summed E-state index contributed by atoms with van der Waals surface area (Å²) in [4.78, 5) is 18.9. The summed E-state index contributed by atoms with van der Waals surface area (Å²) in [5.41, 5.74) is 7.33. The van der Waals surface area contributed by atoms with E-state index in [4.69, 9.17) is 11.6 Å². The van der Waals surface area contributed by atoms with Crippen LogP contribution in [0.25, 0.3) is 0 Å². The highest BCUT2D eigenvalue weighted by atomic mass is 16.3. The van der Waals surface area contributed by atoms with Crippen LogP contribution < -0.4 is 22.3 Å². The number of carbonyl (C=O) groups excluding carboxylic acids is 1. The van der Waals surface area contributed by atoms with Crippen molar-refractivity contribution in [3.05, 3.63) is 11.9 Å². The van der Waals surface area contributed by atoms with Crippen molar-refractivity contribution in [1.82, 2.24) is 9.97 Å². The number of nitrogens with one attached hydrogen (secondary N) is 2. The van der Waals surface area contributed by atoms with Gasteiger partial charge in [-0.15, -0.1) is 0 Å². The quantitative estimate of drug-likeness (QED) is 0.304. The number of aliphatic hydroxyl groups excluding tert-OH is 1. The number of hydrazine groups is 1. The van der Waals surface area contributed by atoms with Crippen LogP contribution in [0.5, 0.6) is 0 Å². The zero-order valence-electron chi connectivity index (χ0n) is 9.47. The monoisotopic (exact) mass is 240 g/mol. The third kappa shape index (κ3) is 3.85. The molecule has 0 aromatic carbocycles. The smallest absolute Gasteiger partial charge is 0.248 e. The molecule has 0 saturated heterocycles. The third-order valence-corrected chi connectivity index (χ3v) is 2.04. The highest BCUT2D eigenvalue weighted by molar-refractivity contribution is 5.79. The molecule has 0 bridgehead atoms. The number of carbonyl (C=O) groups is 1. The van der Waals surface area contributed by atoms with Gasteiger partial charge in [0.1, 0.15) is 23.6 Å². The maximum atomic E-state index is 10.6. The Labute approximate surface area is 98.4 Å². The number of nitrogens with two attached hydrogens (primary N) is 2. The number of aliphatic hydroxyl groups is 1. The van der Waals surface area contributed by atoms with Crippen molar-refractivity contribution < 1.29 is 9.90 Å². The van der Waals surface area contributed by atoms with Crippen molar-refractivity contribution in [2.24, 2.45) is 11.6 Å². The fraction of sp³-hybridized carbons (Fsp3) is 0.444. The van der Waals surface area contributed by atoms with Crippen molar-refractivity contribution in [3.8, 4) is 0 Å². The van der Waals surface area contributed by atoms with Gasteiger partial charge in [0, 0.05) is 12.5 Å². The first-order valence-corrected chi connectivity index (χ1v) is 5.12. The lowest BCUT2D eigenvalue weighted by molar-refractivity contribution is -0.125. The molecular formula is C9H16N6O2. The van der Waals surface area contributed by atoms with E-state index in [2.05, 4.69) is 20.7 Å². The number of nitrogen functional groups attached to an aromatic ring is 1. The lowest BCUT2D eigenvalue weighted by Gasteiger charge is -2.11. The van der Waals surface area contributed by atoms with Gasteiger partial charge in [-0.05, 0) is 0 Å². The molecule has 0 aliphatic carbocycles. The fourth-order valence-electron chi connectivity index (χ4n) is 1.12. The Morgan fingerprint density at radius 3 is 2.71 bits per heavy atom. The van der Waals surface area contributed by atoms with Crippen LogP contribution in [0.4, 0.5) is 11.6 Å². The van der Waals surface area contributed by atoms with E-state index in [-0.39, 0.29) is 6.54 Å². The number of hydrogen-bond donors (Lipinski definition) is 5. The van der Waals surface area contributed by atoms with Crippen LogP contribution in [0.1, 0.15) is 12.7 Å². The van der Waals surface area contributed by atoms with Crippen LogP contribution >= 0.6 is 0 Å². The lowest BCUT2D eigenvalue weighted by atomic mass is 10.3. The molecular weight excluding hydrogens is 224 g/mol. The van der Waals surface area contributed by atoms with E-state index in [1.165, 1.54) is 0 Å². The summed E-state index contributed by atoms with van der Waals surface area (Å²) in [6.45, 7) is 1.89. The van der Waals surface area contributed by atoms with Crippen molar-refractivity contribution in [2.75, 3.05) is 17.3 Å². The summed E-state index contributed by atoms with van der Waals surface area (Å²) in [6, 6.07) is 1.56. The van der Waals surface area contributed by atoms with Crippen molar-refractivity contribution in [3.63, 3.8) is 0 Å². The van der Waals surface area contributed by atoms with Gasteiger partial charge >= 0.3 is 0 Å². The molecule has 0 radical (unpaired) electrons. The molecule has 1 atom stereocenters. The van der Waals surface area contributed by atoms with Gasteiger partial charge in [-0.2, -0.15) is 0 Å². The summed E-state index contributed by atoms with van der Waals surface area (Å²) in [7, 11) is 0. The molecule has 0 fully saturated rings. The zero-order chi connectivity index (χ0) is 12.8. The standard InChI is InChI=1S/C9H16N6O2/c1-2-6-13-7(3-8(14-6)15-11)12-4-5(16)9(10)17/h3,5,16H,2,4,11H2,1H3,(H2,10,17)(H2,12,13,14,15). The van der Waals surface area contributed by atoms with Crippen molar-refractivity contribution in [1.29, 1.82) is 0 Å². The van der Waals surface area contributed by atoms with Crippen molar-refractivity contribution in [2.45, 2.75) is 19.4 Å². The lowest BCUT2D eigenvalue weighted by Crippen LogP contribution is -2.34. The van der Waals surface area contributed by atoms with E-state index in [0.29, 0.717) is 23.9 Å². The number of hydrogen-bond acceptors (Lipinski definition) is 7. The zero-order valence-corrected chi connectivity index (χ0v) is 9.47. The Balaban J connectivity index is 2.73. The SMILES string of the molecule is CCc1nc(NN)cc(NCC(O)C(N)=O)n1. The summed E-state index contributed by atoms with van der Waals surface area (Å²) in [5.74, 6) is 5.97. The largest absolute Gasteiger partial charge is 0.381 e. The molecule has 0 spiro atoms. The maximum Gasteiger partial charge on any atom is 0.248 e. The van der Waals surface area contributed by atoms with Gasteiger partial charge in [0.05, 0.1) is 6.54 Å². The van der Waals surface area contributed by atoms with Crippen LogP contribution in [0.2, 0.25) is 0 Å². The molecule has 1 rings (SSSR count). The topological polar surface area (TPSA) is 139 Å². The van der Waals surface area contributed by atoms with Crippen molar-refractivity contribution >= 4 is 17.5 Å². The normalized spacial score (nSPS) is 11.9. The Bertz CT molecular complexity index is 375. The minimum Gasteiger partial charge on any atom is -0.381 e. The van der Waals surface area contributed by atoms with Crippen LogP contribution in [-0.2, 0) is 11.2 Å². The summed E-state index contributed by atoms with van der Waals surface area (Å²) in [5, 5.41) is 12.0. The first-order valence-electron chi connectivity index (χ1n) is 5.12. The number of amides is 1. The predicted molar refractivity (Wildman–Crippen MR) is 62.9 cm³/mol. The second kappa shape index (κ2) is 5.97. The summed E-state index contributed by atoms with van der Waals surface area (Å²) >= 11 is 0. The Kier molecular flexibility index (Phi) is 4.61. The van der Waals surface area contributed by atoms with Gasteiger partial charge in [0.25, 0.3) is 0 Å². The first kappa shape index (κ1) is 13.1. The van der Waals surface area contributed by atoms with E-state index in [9.17, 15) is 9.90 Å². The molecule has 0 aliphatic heterocycles. The second-order valence-corrected chi connectivity index (χ2v) is 3.35. The van der Waals surface area contributed by atoms with Crippen LogP contribution in [-0.4, -0.2) is 33.6 Å². The number of aromatic nitrogens is 2. The van der Waals surface area contributed by atoms with Crippen LogP contribution in [0.3, 0.4) is 0 Å². The second-order valence-electron chi connectivity index (χ2n) is 3.35. The van der Waals surface area contributed by atoms with Crippen LogP contribution in [0, 0.1) is 0 Å². The Morgan fingerprint density at radius 2 is 2.18 bits per heavy atom. The van der Waals surface area contributed by atoms with Gasteiger partial charge in [-0.3, -0.25) is 4.79 Å². The first-order chi connectivity index (χ1) is 8.06. The maximum absolute atomic E-state index is 10.6. The van der Waals surface area contributed by atoms with E-state index in [1.807, 2.05) is 6.92 Å². The molecule has 1 amide bonds. The summed E-state index contributed by atoms with van der Waals surface area (Å²) < 4.78 is 0. The highest BCUT2D eigenvalue weighted by Gasteiger charge is 2.11. The fourth-order valence-corrected chi connectivity index (χ4v) is 1.12. The van der Waals surface area contributed by atoms with Gasteiger partial charge in [0.2, 0.25) is 5.91 Å². The molecule has 17 heavy (non-hydrogen) atoms. The average Bonchev–Trinajstić information content (AvgIpc) is 2.35. The van der Waals surface area contributed by atoms with E-state index >= 15 is 0 Å². The van der Waals surface area contributed by atoms with Gasteiger partial charge in [0.15, 0.2) is 0 Å². The Morgan fingerprint density at radius 1 is 1.53 bits per heavy atom. The molecule has 1 aromatic heterocycles. The minimum absolute atomic E-state index is 0.0144. The molecule has 8 nitrogen and oxygen atoms in total. The van der Waals surface area contributed by atoms with E-state index in [1.54, 1.807) is 6.07 Å². The number of nitrogens with zero attached hydrogens (tertiary/aromatic N) is 2. The molecule has 1 aromatic rings. The minimum atomic E-state index is -1.26. The Hall–Kier alpha value is -1.93. The molecule has 0 aliphatic rings. The highest BCUT2D eigenvalue weighted by Crippen LogP contribution is 2.10. The number of rotatable bonds is 6. The third-order valence-electron chi connectivity index (χ3n) is 2.04. The van der Waals surface area contributed by atoms with E-state index < -0.39 is 12.0 Å². The molecule has 7 N–H and O–H groups in total. The number of anilines is 2. The van der Waals surface area contributed by atoms with Gasteiger partial charge < -0.3 is 21.6 Å². The summed E-state index contributed by atoms with van der Waals surface area (Å²) in [6.07, 6.45) is -0.618. The number of primary amides is 1.